The average Bonchev–Trinajstić information content (AvgIpc) is 3.37. The van der Waals surface area contributed by atoms with Gasteiger partial charge in [0, 0.05) is 11.8 Å². The predicted octanol–water partition coefficient (Wildman–Crippen LogP) is 5.01. The number of hydrogen-bond donors (Lipinski definition) is 2. The van der Waals surface area contributed by atoms with E-state index in [-0.39, 0.29) is 23.1 Å². The van der Waals surface area contributed by atoms with Crippen LogP contribution in [0.2, 0.25) is 0 Å². The molecule has 31 heavy (non-hydrogen) atoms. The van der Waals surface area contributed by atoms with Gasteiger partial charge in [-0.3, -0.25) is 4.79 Å². The number of carbonyl (C=O) groups excluding carboxylic acids is 1. The van der Waals surface area contributed by atoms with Gasteiger partial charge >= 0.3 is 0 Å². The molecule has 3 unspecified atom stereocenters. The molecule has 3 aliphatic rings. The van der Waals surface area contributed by atoms with Crippen molar-refractivity contribution >= 4 is 28.1 Å². The number of benzene rings is 1. The Morgan fingerprint density at radius 2 is 2.29 bits per heavy atom. The second kappa shape index (κ2) is 7.97. The van der Waals surface area contributed by atoms with Gasteiger partial charge in [-0.1, -0.05) is 35.5 Å². The average molecular weight is 443 g/mol. The Labute approximate surface area is 185 Å². The maximum absolute atomic E-state index is 14.4. The van der Waals surface area contributed by atoms with Crippen molar-refractivity contribution in [2.75, 3.05) is 5.32 Å². The van der Waals surface area contributed by atoms with E-state index >= 15 is 0 Å². The van der Waals surface area contributed by atoms with Crippen LogP contribution in [0.1, 0.15) is 62.5 Å². The lowest BCUT2D eigenvalue weighted by molar-refractivity contribution is -0.116. The highest BCUT2D eigenvalue weighted by Crippen LogP contribution is 2.62. The van der Waals surface area contributed by atoms with Crippen molar-refractivity contribution in [3.8, 4) is 0 Å². The Balaban J connectivity index is 1.38. The van der Waals surface area contributed by atoms with E-state index in [4.69, 9.17) is 0 Å². The summed E-state index contributed by atoms with van der Waals surface area (Å²) in [6.07, 6.45) is 5.49. The second-order valence-corrected chi connectivity index (χ2v) is 10.3. The minimum atomic E-state index is -0.152. The molecule has 2 fully saturated rings. The molecule has 0 bridgehead atoms. The van der Waals surface area contributed by atoms with Crippen molar-refractivity contribution in [2.45, 2.75) is 57.8 Å². The number of hydrogen-bond acceptors (Lipinski definition) is 6. The molecule has 1 amide bonds. The van der Waals surface area contributed by atoms with Crippen molar-refractivity contribution in [1.82, 2.24) is 10.2 Å². The molecule has 0 saturated heterocycles. The standard InChI is InChI=1S/C23H27FN4O2S/c1-23-10-9-15-14-3-2-4-18(24)16(14)6-7-17(15)21(23)13(11-19(23)28-30)5-8-20(29)26-22-27-25-12-31-22/h2-4,12-13,15,17,21,30H,5-11H2,1H3,(H,26,27,29)/b28-19+/t13-,15?,17?,21?,23-/m1/s1. The van der Waals surface area contributed by atoms with E-state index in [0.717, 1.165) is 49.8 Å². The zero-order valence-electron chi connectivity index (χ0n) is 17.6. The summed E-state index contributed by atoms with van der Waals surface area (Å²) in [7, 11) is 0. The number of anilines is 1. The topological polar surface area (TPSA) is 87.5 Å². The van der Waals surface area contributed by atoms with E-state index in [1.165, 1.54) is 16.9 Å². The van der Waals surface area contributed by atoms with Crippen LogP contribution in [-0.2, 0) is 11.2 Å². The number of rotatable bonds is 4. The molecule has 1 aromatic heterocycles. The summed E-state index contributed by atoms with van der Waals surface area (Å²) in [6.45, 7) is 2.23. The summed E-state index contributed by atoms with van der Waals surface area (Å²) in [6, 6.07) is 5.49. The van der Waals surface area contributed by atoms with Gasteiger partial charge in [0.25, 0.3) is 0 Å². The third kappa shape index (κ3) is 3.45. The maximum Gasteiger partial charge on any atom is 0.226 e. The third-order valence-electron chi connectivity index (χ3n) is 8.06. The van der Waals surface area contributed by atoms with Gasteiger partial charge in [-0.15, -0.1) is 10.2 Å². The van der Waals surface area contributed by atoms with Gasteiger partial charge in [-0.05, 0) is 79.4 Å². The number of nitrogens with zero attached hydrogens (tertiary/aromatic N) is 3. The molecule has 1 aromatic carbocycles. The first-order valence-electron chi connectivity index (χ1n) is 11.1. The molecule has 164 valence electrons. The molecule has 6 nitrogen and oxygen atoms in total. The number of aromatic nitrogens is 2. The highest BCUT2D eigenvalue weighted by atomic mass is 32.1. The lowest BCUT2D eigenvalue weighted by Crippen LogP contribution is -2.44. The van der Waals surface area contributed by atoms with Crippen LogP contribution in [0.25, 0.3) is 0 Å². The molecule has 2 saturated carbocycles. The zero-order chi connectivity index (χ0) is 21.6. The van der Waals surface area contributed by atoms with Crippen LogP contribution in [0.15, 0.2) is 28.9 Å². The molecule has 1 heterocycles. The van der Waals surface area contributed by atoms with Gasteiger partial charge in [-0.2, -0.15) is 0 Å². The first kappa shape index (κ1) is 20.5. The number of fused-ring (bicyclic) bond motifs is 5. The number of amides is 1. The summed E-state index contributed by atoms with van der Waals surface area (Å²) in [5.74, 6) is 1.23. The Hall–Kier alpha value is -2.35. The maximum atomic E-state index is 14.4. The van der Waals surface area contributed by atoms with E-state index in [0.29, 0.717) is 29.3 Å². The smallest absolute Gasteiger partial charge is 0.226 e. The van der Waals surface area contributed by atoms with E-state index in [9.17, 15) is 14.4 Å². The Morgan fingerprint density at radius 1 is 1.42 bits per heavy atom. The summed E-state index contributed by atoms with van der Waals surface area (Å²) in [5.41, 5.74) is 4.36. The van der Waals surface area contributed by atoms with E-state index in [2.05, 4.69) is 33.7 Å². The van der Waals surface area contributed by atoms with Crippen LogP contribution in [-0.4, -0.2) is 27.0 Å². The molecule has 2 N–H and O–H groups in total. The lowest BCUT2D eigenvalue weighted by Gasteiger charge is -2.50. The lowest BCUT2D eigenvalue weighted by atomic mass is 9.54. The van der Waals surface area contributed by atoms with Gasteiger partial charge in [0.2, 0.25) is 11.0 Å². The van der Waals surface area contributed by atoms with Crippen LogP contribution in [0, 0.1) is 29.0 Å². The highest BCUT2D eigenvalue weighted by molar-refractivity contribution is 7.13. The van der Waals surface area contributed by atoms with Crippen molar-refractivity contribution < 1.29 is 14.4 Å². The Morgan fingerprint density at radius 3 is 3.06 bits per heavy atom. The van der Waals surface area contributed by atoms with Crippen LogP contribution in [0.4, 0.5) is 9.52 Å². The van der Waals surface area contributed by atoms with Crippen molar-refractivity contribution in [1.29, 1.82) is 0 Å². The van der Waals surface area contributed by atoms with Gasteiger partial charge in [-0.25, -0.2) is 4.39 Å². The normalized spacial score (nSPS) is 32.9. The van der Waals surface area contributed by atoms with Crippen molar-refractivity contribution in [3.05, 3.63) is 40.7 Å². The van der Waals surface area contributed by atoms with Gasteiger partial charge in [0.15, 0.2) is 0 Å². The quantitative estimate of drug-likeness (QED) is 0.515. The fourth-order valence-electron chi connectivity index (χ4n) is 6.80. The molecule has 0 spiro atoms. The van der Waals surface area contributed by atoms with Crippen LogP contribution < -0.4 is 5.32 Å². The van der Waals surface area contributed by atoms with Crippen molar-refractivity contribution in [2.24, 2.45) is 28.3 Å². The molecule has 3 aliphatic carbocycles. The summed E-state index contributed by atoms with van der Waals surface area (Å²) in [4.78, 5) is 12.4. The Bertz CT molecular complexity index is 1010. The minimum Gasteiger partial charge on any atom is -0.411 e. The molecular formula is C23H27FN4O2S. The first-order chi connectivity index (χ1) is 15.0. The molecule has 0 radical (unpaired) electrons. The number of halogens is 1. The SMILES string of the molecule is C[C@]12CCC3c4cccc(F)c4CCC3C1[C@H](CCC(=O)Nc1nncs1)C/C2=N\O. The summed E-state index contributed by atoms with van der Waals surface area (Å²) in [5, 5.41) is 24.4. The van der Waals surface area contributed by atoms with Crippen LogP contribution >= 0.6 is 11.3 Å². The molecule has 5 rings (SSSR count). The van der Waals surface area contributed by atoms with Crippen LogP contribution in [0.3, 0.4) is 0 Å². The van der Waals surface area contributed by atoms with Crippen molar-refractivity contribution in [3.63, 3.8) is 0 Å². The van der Waals surface area contributed by atoms with Crippen LogP contribution in [0.5, 0.6) is 0 Å². The van der Waals surface area contributed by atoms with Gasteiger partial charge in [0.05, 0.1) is 5.71 Å². The van der Waals surface area contributed by atoms with E-state index in [1.807, 2.05) is 6.07 Å². The van der Waals surface area contributed by atoms with E-state index in [1.54, 1.807) is 11.6 Å². The predicted molar refractivity (Wildman–Crippen MR) is 117 cm³/mol. The Kier molecular flexibility index (Phi) is 5.28. The van der Waals surface area contributed by atoms with E-state index < -0.39 is 0 Å². The molecule has 8 heteroatoms. The fraction of sp³-hybridized carbons (Fsp3) is 0.565. The summed E-state index contributed by atoms with van der Waals surface area (Å²) < 4.78 is 14.4. The monoisotopic (exact) mass is 442 g/mol. The van der Waals surface area contributed by atoms with Gasteiger partial charge in [0.1, 0.15) is 11.3 Å². The second-order valence-electron chi connectivity index (χ2n) is 9.44. The molecule has 0 aliphatic heterocycles. The van der Waals surface area contributed by atoms with Gasteiger partial charge < -0.3 is 10.5 Å². The minimum absolute atomic E-state index is 0.0590. The fourth-order valence-corrected chi connectivity index (χ4v) is 7.26. The first-order valence-corrected chi connectivity index (χ1v) is 11.9. The molecule has 2 aromatic rings. The number of oxime groups is 1. The molecular weight excluding hydrogens is 415 g/mol. The number of nitrogens with one attached hydrogen (secondary N) is 1. The summed E-state index contributed by atoms with van der Waals surface area (Å²) >= 11 is 1.30. The molecule has 5 atom stereocenters. The largest absolute Gasteiger partial charge is 0.411 e. The highest BCUT2D eigenvalue weighted by Gasteiger charge is 2.57. The zero-order valence-corrected chi connectivity index (χ0v) is 18.4. The number of carbonyl (C=O) groups is 1. The third-order valence-corrected chi connectivity index (χ3v) is 8.67.